The van der Waals surface area contributed by atoms with Crippen molar-refractivity contribution in [1.29, 1.82) is 0 Å². The molecule has 0 rings (SSSR count). The van der Waals surface area contributed by atoms with Crippen LogP contribution in [0.4, 0.5) is 0 Å². The SMILES string of the molecule is CCCCCCCCCCCCCCOC(=O)CCCCCCNCCCN(CCCCCCC(=O)OCCCCCCCCCCCCCC)CCCCCCC(=O)OCCCCCCCCCCCCCC. The molecular formula is C66H130N2O6. The third kappa shape index (κ3) is 61.2. The molecule has 0 radical (unpaired) electrons. The number of unbranched alkanes of at least 4 members (excludes halogenated alkanes) is 42. The summed E-state index contributed by atoms with van der Waals surface area (Å²) in [5.41, 5.74) is 0. The van der Waals surface area contributed by atoms with Crippen molar-refractivity contribution in [1.82, 2.24) is 10.2 Å². The summed E-state index contributed by atoms with van der Waals surface area (Å²) in [7, 11) is 0. The number of hydrogen-bond acceptors (Lipinski definition) is 8. The summed E-state index contributed by atoms with van der Waals surface area (Å²) in [5, 5.41) is 3.67. The fraction of sp³-hybridized carbons (Fsp3) is 0.955. The zero-order valence-electron chi connectivity index (χ0n) is 50.3. The zero-order valence-corrected chi connectivity index (χ0v) is 50.3. The van der Waals surface area contributed by atoms with Gasteiger partial charge in [-0.2, -0.15) is 0 Å². The molecule has 8 heteroatoms. The van der Waals surface area contributed by atoms with Crippen molar-refractivity contribution in [2.24, 2.45) is 0 Å². The van der Waals surface area contributed by atoms with Gasteiger partial charge in [-0.15, -0.1) is 0 Å². The molecule has 0 aliphatic heterocycles. The van der Waals surface area contributed by atoms with Gasteiger partial charge in [0.1, 0.15) is 0 Å². The Morgan fingerprint density at radius 1 is 0.257 bits per heavy atom. The van der Waals surface area contributed by atoms with E-state index in [9.17, 15) is 14.4 Å². The molecule has 0 aliphatic carbocycles. The summed E-state index contributed by atoms with van der Waals surface area (Å²) < 4.78 is 16.6. The van der Waals surface area contributed by atoms with Crippen molar-refractivity contribution in [3.63, 3.8) is 0 Å². The van der Waals surface area contributed by atoms with Crippen LogP contribution in [0.2, 0.25) is 0 Å². The first-order valence-corrected chi connectivity index (χ1v) is 33.4. The van der Waals surface area contributed by atoms with Gasteiger partial charge in [-0.25, -0.2) is 0 Å². The van der Waals surface area contributed by atoms with Gasteiger partial charge >= 0.3 is 17.9 Å². The minimum atomic E-state index is -0.0184. The number of carbonyl (C=O) groups excluding carboxylic acids is 3. The molecular weight excluding hydrogens is 917 g/mol. The molecule has 0 amide bonds. The lowest BCUT2D eigenvalue weighted by Crippen LogP contribution is -2.30. The largest absolute Gasteiger partial charge is 0.466 e. The van der Waals surface area contributed by atoms with Crippen LogP contribution < -0.4 is 5.32 Å². The Kier molecular flexibility index (Phi) is 62.4. The lowest BCUT2D eigenvalue weighted by molar-refractivity contribution is -0.144. The van der Waals surface area contributed by atoms with Crippen LogP contribution in [-0.4, -0.2) is 75.4 Å². The molecule has 0 bridgehead atoms. The first kappa shape index (κ1) is 72.3. The number of ether oxygens (including phenoxy) is 3. The monoisotopic (exact) mass is 1050 g/mol. The van der Waals surface area contributed by atoms with Gasteiger partial charge in [0.15, 0.2) is 0 Å². The number of nitrogens with one attached hydrogen (secondary N) is 1. The van der Waals surface area contributed by atoms with E-state index in [-0.39, 0.29) is 17.9 Å². The Hall–Kier alpha value is -1.67. The second-order valence-corrected chi connectivity index (χ2v) is 22.8. The summed E-state index contributed by atoms with van der Waals surface area (Å²) in [5.74, 6) is -0.0544. The summed E-state index contributed by atoms with van der Waals surface area (Å²) >= 11 is 0. The Balaban J connectivity index is 4.19. The zero-order chi connectivity index (χ0) is 53.6. The second-order valence-electron chi connectivity index (χ2n) is 22.8. The molecule has 0 saturated carbocycles. The van der Waals surface area contributed by atoms with Crippen molar-refractivity contribution in [2.45, 2.75) is 355 Å². The predicted molar refractivity (Wildman–Crippen MR) is 319 cm³/mol. The Morgan fingerprint density at radius 2 is 0.473 bits per heavy atom. The van der Waals surface area contributed by atoms with Gasteiger partial charge in [0.2, 0.25) is 0 Å². The van der Waals surface area contributed by atoms with Gasteiger partial charge in [0, 0.05) is 19.3 Å². The molecule has 1 N–H and O–H groups in total. The van der Waals surface area contributed by atoms with E-state index in [0.717, 1.165) is 123 Å². The molecule has 0 atom stereocenters. The molecule has 0 unspecified atom stereocenters. The van der Waals surface area contributed by atoms with E-state index in [2.05, 4.69) is 31.0 Å². The highest BCUT2D eigenvalue weighted by Gasteiger charge is 2.09. The van der Waals surface area contributed by atoms with Crippen molar-refractivity contribution in [2.75, 3.05) is 52.5 Å². The Bertz CT molecular complexity index is 1070. The highest BCUT2D eigenvalue weighted by Crippen LogP contribution is 2.16. The molecule has 0 aromatic rings. The van der Waals surface area contributed by atoms with E-state index in [4.69, 9.17) is 14.2 Å². The van der Waals surface area contributed by atoms with E-state index in [1.807, 2.05) is 0 Å². The molecule has 0 spiro atoms. The van der Waals surface area contributed by atoms with Gasteiger partial charge in [-0.3, -0.25) is 14.4 Å². The minimum absolute atomic E-state index is 0.0176. The molecule has 0 aromatic heterocycles. The highest BCUT2D eigenvalue weighted by atomic mass is 16.5. The molecule has 0 heterocycles. The number of rotatable bonds is 64. The third-order valence-electron chi connectivity index (χ3n) is 15.3. The first-order valence-electron chi connectivity index (χ1n) is 33.4. The number of esters is 3. The second kappa shape index (κ2) is 63.9. The van der Waals surface area contributed by atoms with Gasteiger partial charge < -0.3 is 24.4 Å². The topological polar surface area (TPSA) is 94.2 Å². The fourth-order valence-corrected chi connectivity index (χ4v) is 10.3. The van der Waals surface area contributed by atoms with Crippen LogP contribution >= 0.6 is 0 Å². The quantitative estimate of drug-likeness (QED) is 0.0366. The molecule has 0 aliphatic rings. The minimum Gasteiger partial charge on any atom is -0.466 e. The van der Waals surface area contributed by atoms with Crippen LogP contribution in [0, 0.1) is 0 Å². The number of carbonyl (C=O) groups is 3. The van der Waals surface area contributed by atoms with Crippen LogP contribution in [0.3, 0.4) is 0 Å². The van der Waals surface area contributed by atoms with Gasteiger partial charge in [-0.1, -0.05) is 271 Å². The predicted octanol–water partition coefficient (Wildman–Crippen LogP) is 19.9. The van der Waals surface area contributed by atoms with Gasteiger partial charge in [-0.05, 0) is 96.9 Å². The molecule has 440 valence electrons. The first-order chi connectivity index (χ1) is 36.5. The molecule has 8 nitrogen and oxygen atoms in total. The van der Waals surface area contributed by atoms with Crippen LogP contribution in [-0.2, 0) is 28.6 Å². The van der Waals surface area contributed by atoms with Crippen LogP contribution in [0.1, 0.15) is 355 Å². The van der Waals surface area contributed by atoms with E-state index in [0.29, 0.717) is 39.1 Å². The van der Waals surface area contributed by atoms with E-state index >= 15 is 0 Å². The standard InChI is InChI=1S/C66H130N2O6/c1-4-7-10-13-16-19-22-25-28-31-40-49-61-72-64(69)53-43-34-37-46-56-67-57-52-60-68(58-47-38-35-44-54-65(70)73-62-50-41-32-29-26-23-20-17-14-11-8-5-2)59-48-39-36-45-55-66(71)74-63-51-42-33-30-27-24-21-18-15-12-9-6-3/h67H,4-63H2,1-3H3. The molecule has 0 fully saturated rings. The lowest BCUT2D eigenvalue weighted by Gasteiger charge is -2.22. The molecule has 0 aromatic carbocycles. The maximum atomic E-state index is 12.4. The van der Waals surface area contributed by atoms with Gasteiger partial charge in [0.25, 0.3) is 0 Å². The van der Waals surface area contributed by atoms with Crippen molar-refractivity contribution < 1.29 is 28.6 Å². The maximum Gasteiger partial charge on any atom is 0.305 e. The highest BCUT2D eigenvalue weighted by molar-refractivity contribution is 5.69. The smallest absolute Gasteiger partial charge is 0.305 e. The third-order valence-corrected chi connectivity index (χ3v) is 15.3. The van der Waals surface area contributed by atoms with Gasteiger partial charge in [0.05, 0.1) is 19.8 Å². The average Bonchev–Trinajstić information content (AvgIpc) is 3.40. The van der Waals surface area contributed by atoms with Crippen molar-refractivity contribution >= 4 is 17.9 Å². The summed E-state index contributed by atoms with van der Waals surface area (Å²) in [4.78, 5) is 39.6. The van der Waals surface area contributed by atoms with Crippen molar-refractivity contribution in [3.05, 3.63) is 0 Å². The van der Waals surface area contributed by atoms with Crippen LogP contribution in [0.25, 0.3) is 0 Å². The van der Waals surface area contributed by atoms with E-state index < -0.39 is 0 Å². The Morgan fingerprint density at radius 3 is 0.770 bits per heavy atom. The average molecular weight is 1050 g/mol. The van der Waals surface area contributed by atoms with E-state index in [1.165, 1.54) is 225 Å². The van der Waals surface area contributed by atoms with E-state index in [1.54, 1.807) is 0 Å². The summed E-state index contributed by atoms with van der Waals surface area (Å²) in [6.07, 6.45) is 63.2. The normalized spacial score (nSPS) is 11.5. The Labute approximate surface area is 462 Å². The van der Waals surface area contributed by atoms with Crippen LogP contribution in [0.5, 0.6) is 0 Å². The molecule has 0 saturated heterocycles. The molecule has 74 heavy (non-hydrogen) atoms. The lowest BCUT2D eigenvalue weighted by atomic mass is 10.1. The summed E-state index contributed by atoms with van der Waals surface area (Å²) in [6, 6.07) is 0. The van der Waals surface area contributed by atoms with Crippen molar-refractivity contribution in [3.8, 4) is 0 Å². The summed E-state index contributed by atoms with van der Waals surface area (Å²) in [6.45, 7) is 14.0. The van der Waals surface area contributed by atoms with Crippen LogP contribution in [0.15, 0.2) is 0 Å². The number of hydrogen-bond donors (Lipinski definition) is 1. The fourth-order valence-electron chi connectivity index (χ4n) is 10.3. The maximum absolute atomic E-state index is 12.4. The number of nitrogens with zero attached hydrogens (tertiary/aromatic N) is 1.